The van der Waals surface area contributed by atoms with Crippen molar-refractivity contribution in [1.29, 1.82) is 0 Å². The number of hydrogen-bond acceptors (Lipinski definition) is 5. The van der Waals surface area contributed by atoms with Crippen LogP contribution in [-0.2, 0) is 10.2 Å². The van der Waals surface area contributed by atoms with E-state index in [1.807, 2.05) is 30.8 Å². The second kappa shape index (κ2) is 5.28. The van der Waals surface area contributed by atoms with E-state index in [4.69, 9.17) is 4.52 Å². The molecule has 6 nitrogen and oxygen atoms in total. The maximum atomic E-state index is 12.2. The Kier molecular flexibility index (Phi) is 3.89. The second-order valence-electron chi connectivity index (χ2n) is 5.86. The number of aryl methyl sites for hydroxylation is 1. The molecule has 1 aromatic rings. The first-order chi connectivity index (χ1) is 8.90. The fourth-order valence-electron chi connectivity index (χ4n) is 2.54. The minimum absolute atomic E-state index is 0.159. The summed E-state index contributed by atoms with van der Waals surface area (Å²) in [5.41, 5.74) is -0.221. The van der Waals surface area contributed by atoms with E-state index in [0.29, 0.717) is 24.8 Å². The molecular formula is C13H22N4O2. The van der Waals surface area contributed by atoms with E-state index in [2.05, 4.69) is 17.1 Å². The van der Waals surface area contributed by atoms with Gasteiger partial charge in [0.15, 0.2) is 5.82 Å². The van der Waals surface area contributed by atoms with Crippen molar-refractivity contribution in [3.8, 4) is 0 Å². The highest BCUT2D eigenvalue weighted by atomic mass is 16.5. The van der Waals surface area contributed by atoms with Crippen LogP contribution in [0.5, 0.6) is 0 Å². The van der Waals surface area contributed by atoms with Crippen LogP contribution >= 0.6 is 0 Å². The summed E-state index contributed by atoms with van der Waals surface area (Å²) in [6.45, 7) is 5.82. The molecule has 2 heterocycles. The SMILES string of the molecule is Cc1noc([C@@]2(C)CCCN(C(=O)CN(C)C)C2)n1. The first-order valence-electron chi connectivity index (χ1n) is 6.64. The predicted molar refractivity (Wildman–Crippen MR) is 70.8 cm³/mol. The number of piperidine rings is 1. The minimum atomic E-state index is -0.221. The Morgan fingerprint density at radius 3 is 2.84 bits per heavy atom. The minimum Gasteiger partial charge on any atom is -0.341 e. The van der Waals surface area contributed by atoms with Gasteiger partial charge in [0.25, 0.3) is 0 Å². The molecule has 19 heavy (non-hydrogen) atoms. The summed E-state index contributed by atoms with van der Waals surface area (Å²) in [4.78, 5) is 20.3. The molecular weight excluding hydrogens is 244 g/mol. The number of carbonyl (C=O) groups is 1. The number of rotatable bonds is 3. The molecule has 1 aromatic heterocycles. The van der Waals surface area contributed by atoms with Crippen LogP contribution in [0.3, 0.4) is 0 Å². The predicted octanol–water partition coefficient (Wildman–Crippen LogP) is 0.820. The Bertz CT molecular complexity index is 457. The number of amides is 1. The molecule has 0 saturated carbocycles. The van der Waals surface area contributed by atoms with Gasteiger partial charge in [-0.1, -0.05) is 5.16 Å². The van der Waals surface area contributed by atoms with E-state index >= 15 is 0 Å². The zero-order valence-corrected chi connectivity index (χ0v) is 12.1. The molecule has 1 saturated heterocycles. The summed E-state index contributed by atoms with van der Waals surface area (Å²) < 4.78 is 5.31. The Morgan fingerprint density at radius 1 is 1.53 bits per heavy atom. The van der Waals surface area contributed by atoms with Crippen molar-refractivity contribution in [2.45, 2.75) is 32.1 Å². The van der Waals surface area contributed by atoms with Gasteiger partial charge >= 0.3 is 0 Å². The van der Waals surface area contributed by atoms with Gasteiger partial charge in [-0.05, 0) is 40.8 Å². The van der Waals surface area contributed by atoms with Gasteiger partial charge in [0.05, 0.1) is 12.0 Å². The van der Waals surface area contributed by atoms with Crippen LogP contribution in [0, 0.1) is 6.92 Å². The molecule has 0 bridgehead atoms. The number of hydrogen-bond donors (Lipinski definition) is 0. The van der Waals surface area contributed by atoms with Crippen molar-refractivity contribution in [2.24, 2.45) is 0 Å². The molecule has 0 spiro atoms. The lowest BCUT2D eigenvalue weighted by Crippen LogP contribution is -2.49. The van der Waals surface area contributed by atoms with Crippen LogP contribution in [0.2, 0.25) is 0 Å². The quantitative estimate of drug-likeness (QED) is 0.810. The fourth-order valence-corrected chi connectivity index (χ4v) is 2.54. The summed E-state index contributed by atoms with van der Waals surface area (Å²) in [6, 6.07) is 0. The smallest absolute Gasteiger partial charge is 0.236 e. The number of likely N-dealkylation sites (N-methyl/N-ethyl adjacent to an activating group) is 1. The van der Waals surface area contributed by atoms with E-state index in [9.17, 15) is 4.79 Å². The van der Waals surface area contributed by atoms with E-state index in [1.54, 1.807) is 0 Å². The highest BCUT2D eigenvalue weighted by molar-refractivity contribution is 5.78. The first kappa shape index (κ1) is 14.0. The molecule has 106 valence electrons. The molecule has 0 N–H and O–H groups in total. The van der Waals surface area contributed by atoms with E-state index in [0.717, 1.165) is 19.4 Å². The number of aromatic nitrogens is 2. The molecule has 1 aliphatic heterocycles. The van der Waals surface area contributed by atoms with Gasteiger partial charge < -0.3 is 14.3 Å². The van der Waals surface area contributed by atoms with Crippen LogP contribution < -0.4 is 0 Å². The van der Waals surface area contributed by atoms with Crippen LogP contribution in [0.1, 0.15) is 31.5 Å². The average molecular weight is 266 g/mol. The van der Waals surface area contributed by atoms with Gasteiger partial charge in [-0.3, -0.25) is 4.79 Å². The van der Waals surface area contributed by atoms with Gasteiger partial charge in [-0.15, -0.1) is 0 Å². The first-order valence-corrected chi connectivity index (χ1v) is 6.64. The highest BCUT2D eigenvalue weighted by Crippen LogP contribution is 2.32. The van der Waals surface area contributed by atoms with E-state index in [1.165, 1.54) is 0 Å². The van der Waals surface area contributed by atoms with E-state index in [-0.39, 0.29) is 11.3 Å². The molecule has 6 heteroatoms. The van der Waals surface area contributed by atoms with Gasteiger partial charge in [0.1, 0.15) is 0 Å². The largest absolute Gasteiger partial charge is 0.341 e. The lowest BCUT2D eigenvalue weighted by Gasteiger charge is -2.38. The molecule has 1 aliphatic rings. The molecule has 0 aliphatic carbocycles. The maximum absolute atomic E-state index is 12.2. The molecule has 1 fully saturated rings. The normalized spacial score (nSPS) is 23.9. The second-order valence-corrected chi connectivity index (χ2v) is 5.86. The lowest BCUT2D eigenvalue weighted by atomic mass is 9.81. The zero-order valence-electron chi connectivity index (χ0n) is 12.1. The number of nitrogens with zero attached hydrogens (tertiary/aromatic N) is 4. The van der Waals surface area contributed by atoms with Gasteiger partial charge in [-0.25, -0.2) is 0 Å². The Morgan fingerprint density at radius 2 is 2.26 bits per heavy atom. The molecule has 2 rings (SSSR count). The van der Waals surface area contributed by atoms with Gasteiger partial charge in [0.2, 0.25) is 11.8 Å². The Labute approximate surface area is 113 Å². The number of carbonyl (C=O) groups excluding carboxylic acids is 1. The topological polar surface area (TPSA) is 62.5 Å². The Balaban J connectivity index is 2.10. The molecule has 0 unspecified atom stereocenters. The molecule has 0 radical (unpaired) electrons. The highest BCUT2D eigenvalue weighted by Gasteiger charge is 2.38. The third-order valence-electron chi connectivity index (χ3n) is 3.54. The van der Waals surface area contributed by atoms with E-state index < -0.39 is 0 Å². The van der Waals surface area contributed by atoms with Crippen LogP contribution in [0.15, 0.2) is 4.52 Å². The third-order valence-corrected chi connectivity index (χ3v) is 3.54. The summed E-state index contributed by atoms with van der Waals surface area (Å²) in [6.07, 6.45) is 1.94. The van der Waals surface area contributed by atoms with Crippen molar-refractivity contribution in [1.82, 2.24) is 19.9 Å². The monoisotopic (exact) mass is 266 g/mol. The van der Waals surface area contributed by atoms with Crippen molar-refractivity contribution in [3.63, 3.8) is 0 Å². The zero-order chi connectivity index (χ0) is 14.0. The molecule has 1 atom stereocenters. The van der Waals surface area contributed by atoms with Gasteiger partial charge in [-0.2, -0.15) is 4.98 Å². The average Bonchev–Trinajstić information content (AvgIpc) is 2.76. The summed E-state index contributed by atoms with van der Waals surface area (Å²) in [5.74, 6) is 1.45. The van der Waals surface area contributed by atoms with Crippen LogP contribution in [-0.4, -0.2) is 59.6 Å². The van der Waals surface area contributed by atoms with Gasteiger partial charge in [0, 0.05) is 13.1 Å². The van der Waals surface area contributed by atoms with Crippen LogP contribution in [0.4, 0.5) is 0 Å². The summed E-state index contributed by atoms with van der Waals surface area (Å²) in [5, 5.41) is 3.86. The van der Waals surface area contributed by atoms with Crippen molar-refractivity contribution in [3.05, 3.63) is 11.7 Å². The lowest BCUT2D eigenvalue weighted by molar-refractivity contribution is -0.134. The van der Waals surface area contributed by atoms with Crippen molar-refractivity contribution >= 4 is 5.91 Å². The van der Waals surface area contributed by atoms with Crippen molar-refractivity contribution in [2.75, 3.05) is 33.7 Å². The third kappa shape index (κ3) is 3.12. The molecule has 0 aromatic carbocycles. The maximum Gasteiger partial charge on any atom is 0.236 e. The summed E-state index contributed by atoms with van der Waals surface area (Å²) >= 11 is 0. The summed E-state index contributed by atoms with van der Waals surface area (Å²) in [7, 11) is 3.81. The Hall–Kier alpha value is -1.43. The van der Waals surface area contributed by atoms with Crippen molar-refractivity contribution < 1.29 is 9.32 Å². The number of likely N-dealkylation sites (tertiary alicyclic amines) is 1. The van der Waals surface area contributed by atoms with Crippen LogP contribution in [0.25, 0.3) is 0 Å². The fraction of sp³-hybridized carbons (Fsp3) is 0.769. The molecule has 1 amide bonds. The standard InChI is InChI=1S/C13H22N4O2/c1-10-14-12(19-15-10)13(2)6-5-7-17(9-13)11(18)8-16(3)4/h5-9H2,1-4H3/t13-/m0/s1.